The van der Waals surface area contributed by atoms with Gasteiger partial charge in [-0.2, -0.15) is 5.10 Å². The predicted octanol–water partition coefficient (Wildman–Crippen LogP) is 3.69. The van der Waals surface area contributed by atoms with Gasteiger partial charge in [-0.05, 0) is 49.1 Å². The molecule has 4 rings (SSSR count). The van der Waals surface area contributed by atoms with Crippen molar-refractivity contribution in [1.29, 1.82) is 0 Å². The molecule has 1 aliphatic rings. The third-order valence-electron chi connectivity index (χ3n) is 6.98. The van der Waals surface area contributed by atoms with E-state index in [9.17, 15) is 9.59 Å². The van der Waals surface area contributed by atoms with E-state index in [-0.39, 0.29) is 24.1 Å². The molecule has 1 N–H and O–H groups in total. The molecule has 1 amide bonds. The molecule has 3 aromatic rings. The molecule has 164 valence electrons. The molecule has 0 aliphatic heterocycles. The van der Waals surface area contributed by atoms with E-state index in [4.69, 9.17) is 0 Å². The van der Waals surface area contributed by atoms with E-state index in [1.54, 1.807) is 4.68 Å². The summed E-state index contributed by atoms with van der Waals surface area (Å²) in [5.74, 6) is 0.568. The summed E-state index contributed by atoms with van der Waals surface area (Å²) in [6, 6.07) is 9.73. The van der Waals surface area contributed by atoms with E-state index in [1.807, 2.05) is 30.3 Å². The van der Waals surface area contributed by atoms with Crippen LogP contribution in [0.3, 0.4) is 0 Å². The van der Waals surface area contributed by atoms with Gasteiger partial charge in [0.05, 0.1) is 11.9 Å². The van der Waals surface area contributed by atoms with Gasteiger partial charge in [0, 0.05) is 6.04 Å². The SMILES string of the molecule is CCC(C)(C)C1CCC(NC(=O)Cn2cnc3c(cnn3-c3ccccc3)c2=O)CC1. The summed E-state index contributed by atoms with van der Waals surface area (Å²) < 4.78 is 3.00. The number of aromatic nitrogens is 4. The van der Waals surface area contributed by atoms with Crippen molar-refractivity contribution < 1.29 is 4.79 Å². The van der Waals surface area contributed by atoms with E-state index in [1.165, 1.54) is 23.5 Å². The van der Waals surface area contributed by atoms with Crippen LogP contribution in [0.15, 0.2) is 47.7 Å². The lowest BCUT2D eigenvalue weighted by Crippen LogP contribution is -2.42. The normalized spacial score (nSPS) is 19.5. The molecule has 0 spiro atoms. The number of benzene rings is 1. The summed E-state index contributed by atoms with van der Waals surface area (Å²) >= 11 is 0. The summed E-state index contributed by atoms with van der Waals surface area (Å²) in [6.45, 7) is 6.90. The van der Waals surface area contributed by atoms with Crippen LogP contribution in [0.25, 0.3) is 16.7 Å². The molecule has 0 bridgehead atoms. The largest absolute Gasteiger partial charge is 0.352 e. The summed E-state index contributed by atoms with van der Waals surface area (Å²) in [5, 5.41) is 7.83. The molecule has 1 aliphatic carbocycles. The number of rotatable bonds is 6. The van der Waals surface area contributed by atoms with Crippen LogP contribution in [0.4, 0.5) is 0 Å². The Bertz CT molecular complexity index is 1110. The van der Waals surface area contributed by atoms with Crippen LogP contribution in [0, 0.1) is 11.3 Å². The zero-order valence-electron chi connectivity index (χ0n) is 18.5. The monoisotopic (exact) mass is 421 g/mol. The lowest BCUT2D eigenvalue weighted by molar-refractivity contribution is -0.122. The minimum Gasteiger partial charge on any atom is -0.352 e. The quantitative estimate of drug-likeness (QED) is 0.658. The van der Waals surface area contributed by atoms with Crippen LogP contribution in [0.2, 0.25) is 0 Å². The maximum absolute atomic E-state index is 12.9. The molecule has 0 atom stereocenters. The van der Waals surface area contributed by atoms with Gasteiger partial charge in [0.25, 0.3) is 5.56 Å². The van der Waals surface area contributed by atoms with Crippen LogP contribution >= 0.6 is 0 Å². The molecule has 1 saturated carbocycles. The second kappa shape index (κ2) is 8.65. The van der Waals surface area contributed by atoms with Gasteiger partial charge in [-0.3, -0.25) is 14.2 Å². The summed E-state index contributed by atoms with van der Waals surface area (Å²) in [5.41, 5.74) is 1.43. The topological polar surface area (TPSA) is 81.8 Å². The molecule has 0 unspecified atom stereocenters. The van der Waals surface area contributed by atoms with Gasteiger partial charge in [-0.15, -0.1) is 0 Å². The van der Waals surface area contributed by atoms with Crippen LogP contribution in [0.1, 0.15) is 52.9 Å². The molecular formula is C24H31N5O2. The Hall–Kier alpha value is -2.96. The Morgan fingerprint density at radius 2 is 1.87 bits per heavy atom. The first kappa shape index (κ1) is 21.3. The lowest BCUT2D eigenvalue weighted by atomic mass is 9.69. The summed E-state index contributed by atoms with van der Waals surface area (Å²) in [4.78, 5) is 29.9. The molecule has 2 heterocycles. The smallest absolute Gasteiger partial charge is 0.264 e. The van der Waals surface area contributed by atoms with Crippen molar-refractivity contribution in [1.82, 2.24) is 24.6 Å². The average Bonchev–Trinajstić information content (AvgIpc) is 3.21. The molecule has 1 aromatic carbocycles. The molecule has 1 fully saturated rings. The number of carbonyl (C=O) groups excluding carboxylic acids is 1. The van der Waals surface area contributed by atoms with E-state index < -0.39 is 0 Å². The number of carbonyl (C=O) groups is 1. The summed E-state index contributed by atoms with van der Waals surface area (Å²) in [7, 11) is 0. The first-order valence-electron chi connectivity index (χ1n) is 11.2. The fraction of sp³-hybridized carbons (Fsp3) is 0.500. The van der Waals surface area contributed by atoms with Gasteiger partial charge >= 0.3 is 0 Å². The minimum absolute atomic E-state index is 0.0291. The fourth-order valence-electron chi connectivity index (χ4n) is 4.56. The average molecular weight is 422 g/mol. The zero-order valence-corrected chi connectivity index (χ0v) is 18.5. The van der Waals surface area contributed by atoms with Crippen LogP contribution < -0.4 is 10.9 Å². The Morgan fingerprint density at radius 1 is 1.16 bits per heavy atom. The third kappa shape index (κ3) is 4.40. The van der Waals surface area contributed by atoms with E-state index in [0.29, 0.717) is 22.4 Å². The molecular weight excluding hydrogens is 390 g/mol. The van der Waals surface area contributed by atoms with Crippen molar-refractivity contribution in [2.75, 3.05) is 0 Å². The van der Waals surface area contributed by atoms with Gasteiger partial charge in [-0.1, -0.05) is 45.4 Å². The van der Waals surface area contributed by atoms with Gasteiger partial charge < -0.3 is 5.32 Å². The highest BCUT2D eigenvalue weighted by molar-refractivity contribution is 5.78. The number of hydrogen-bond acceptors (Lipinski definition) is 4. The molecule has 2 aromatic heterocycles. The molecule has 0 radical (unpaired) electrons. The Kier molecular flexibility index (Phi) is 5.94. The van der Waals surface area contributed by atoms with Crippen molar-refractivity contribution in [2.24, 2.45) is 11.3 Å². The maximum Gasteiger partial charge on any atom is 0.264 e. The van der Waals surface area contributed by atoms with Gasteiger partial charge in [-0.25, -0.2) is 9.67 Å². The highest BCUT2D eigenvalue weighted by atomic mass is 16.2. The van der Waals surface area contributed by atoms with Gasteiger partial charge in [0.2, 0.25) is 5.91 Å². The Labute approximate surface area is 182 Å². The van der Waals surface area contributed by atoms with Crippen LogP contribution in [0.5, 0.6) is 0 Å². The minimum atomic E-state index is -0.254. The van der Waals surface area contributed by atoms with Crippen molar-refractivity contribution in [3.8, 4) is 5.69 Å². The molecule has 7 heteroatoms. The number of amides is 1. The number of fused-ring (bicyclic) bond motifs is 1. The number of nitrogens with zero attached hydrogens (tertiary/aromatic N) is 4. The number of para-hydroxylation sites is 1. The fourth-order valence-corrected chi connectivity index (χ4v) is 4.56. The second-order valence-electron chi connectivity index (χ2n) is 9.27. The molecule has 31 heavy (non-hydrogen) atoms. The second-order valence-corrected chi connectivity index (χ2v) is 9.27. The van der Waals surface area contributed by atoms with Crippen LogP contribution in [-0.2, 0) is 11.3 Å². The number of nitrogens with one attached hydrogen (secondary N) is 1. The van der Waals surface area contributed by atoms with E-state index >= 15 is 0 Å². The van der Waals surface area contributed by atoms with Gasteiger partial charge in [0.1, 0.15) is 18.3 Å². The first-order valence-corrected chi connectivity index (χ1v) is 11.2. The number of hydrogen-bond donors (Lipinski definition) is 1. The van der Waals surface area contributed by atoms with Crippen molar-refractivity contribution in [2.45, 2.75) is 65.5 Å². The standard InChI is InChI=1S/C24H31N5O2/c1-4-24(2,3)17-10-12-18(13-11-17)27-21(30)15-28-16-25-22-20(23(28)31)14-26-29(22)19-8-6-5-7-9-19/h5-9,14,16-18H,4,10-13,15H2,1-3H3,(H,27,30). The zero-order chi connectivity index (χ0) is 22.0. The van der Waals surface area contributed by atoms with E-state index in [2.05, 4.69) is 36.2 Å². The van der Waals surface area contributed by atoms with E-state index in [0.717, 1.165) is 31.4 Å². The van der Waals surface area contributed by atoms with Crippen molar-refractivity contribution in [3.05, 3.63) is 53.2 Å². The lowest BCUT2D eigenvalue weighted by Gasteiger charge is -2.39. The predicted molar refractivity (Wildman–Crippen MR) is 121 cm³/mol. The first-order chi connectivity index (χ1) is 14.9. The van der Waals surface area contributed by atoms with Crippen LogP contribution in [-0.4, -0.2) is 31.3 Å². The summed E-state index contributed by atoms with van der Waals surface area (Å²) in [6.07, 6.45) is 8.39. The van der Waals surface area contributed by atoms with Crippen molar-refractivity contribution >= 4 is 16.9 Å². The van der Waals surface area contributed by atoms with Gasteiger partial charge in [0.15, 0.2) is 5.65 Å². The highest BCUT2D eigenvalue weighted by Crippen LogP contribution is 2.40. The molecule has 7 nitrogen and oxygen atoms in total. The van der Waals surface area contributed by atoms with Crippen molar-refractivity contribution in [3.63, 3.8) is 0 Å². The molecule has 0 saturated heterocycles. The third-order valence-corrected chi connectivity index (χ3v) is 6.98. The maximum atomic E-state index is 12.9. The Morgan fingerprint density at radius 3 is 2.55 bits per heavy atom. The Balaban J connectivity index is 1.42. The highest BCUT2D eigenvalue weighted by Gasteiger charge is 2.32.